The average molecular weight is 245 g/mol. The summed E-state index contributed by atoms with van der Waals surface area (Å²) in [6.45, 7) is 1.96. The van der Waals surface area contributed by atoms with Gasteiger partial charge in [0.25, 0.3) is 0 Å². The predicted molar refractivity (Wildman–Crippen MR) is 75.7 cm³/mol. The van der Waals surface area contributed by atoms with Crippen LogP contribution in [0.1, 0.15) is 60.9 Å². The molecule has 0 aliphatic heterocycles. The smallest absolute Gasteiger partial charge is 0.165 e. The van der Waals surface area contributed by atoms with Crippen LogP contribution in [0.5, 0.6) is 0 Å². The minimum Gasteiger partial charge on any atom is -0.399 e. The molecule has 1 aromatic carbocycles. The number of Topliss-reactive ketones (excluding diaryl/α,β-unsaturated/α-hetero) is 1. The molecule has 1 fully saturated rings. The standard InChI is InChI=1S/C16H23NO/c1-12-11-14(9-10-15(12)17)16(18)13-7-5-3-2-4-6-8-13/h9-11,13H,2-8,17H2,1H3. The lowest BCUT2D eigenvalue weighted by Gasteiger charge is -2.18. The number of aryl methyl sites for hydroxylation is 1. The normalized spacial score (nSPS) is 18.1. The summed E-state index contributed by atoms with van der Waals surface area (Å²) in [6, 6.07) is 5.67. The van der Waals surface area contributed by atoms with Crippen molar-refractivity contribution in [2.75, 3.05) is 5.73 Å². The molecule has 0 heterocycles. The molecular weight excluding hydrogens is 222 g/mol. The van der Waals surface area contributed by atoms with Crippen molar-refractivity contribution < 1.29 is 4.79 Å². The second-order valence-electron chi connectivity index (χ2n) is 5.48. The first kappa shape index (κ1) is 13.1. The van der Waals surface area contributed by atoms with Crippen LogP contribution in [0.2, 0.25) is 0 Å². The molecule has 0 bridgehead atoms. The monoisotopic (exact) mass is 245 g/mol. The Morgan fingerprint density at radius 3 is 2.33 bits per heavy atom. The van der Waals surface area contributed by atoms with Gasteiger partial charge >= 0.3 is 0 Å². The molecule has 0 saturated heterocycles. The molecule has 0 unspecified atom stereocenters. The van der Waals surface area contributed by atoms with Crippen LogP contribution in [0.4, 0.5) is 5.69 Å². The third-order valence-electron chi connectivity index (χ3n) is 4.03. The third kappa shape index (κ3) is 3.12. The molecule has 0 amide bonds. The van der Waals surface area contributed by atoms with Gasteiger partial charge in [-0.05, 0) is 43.5 Å². The van der Waals surface area contributed by atoms with Crippen molar-refractivity contribution in [3.63, 3.8) is 0 Å². The highest BCUT2D eigenvalue weighted by molar-refractivity contribution is 5.98. The van der Waals surface area contributed by atoms with Gasteiger partial charge in [0.2, 0.25) is 0 Å². The highest BCUT2D eigenvalue weighted by atomic mass is 16.1. The van der Waals surface area contributed by atoms with Gasteiger partial charge in [-0.15, -0.1) is 0 Å². The lowest BCUT2D eigenvalue weighted by Crippen LogP contribution is -2.16. The predicted octanol–water partition coefficient (Wildman–Crippen LogP) is 4.12. The molecule has 1 saturated carbocycles. The van der Waals surface area contributed by atoms with Crippen molar-refractivity contribution >= 4 is 11.5 Å². The summed E-state index contributed by atoms with van der Waals surface area (Å²) in [4.78, 5) is 12.5. The Morgan fingerprint density at radius 2 is 1.72 bits per heavy atom. The number of hydrogen-bond donors (Lipinski definition) is 1. The molecule has 2 heteroatoms. The molecule has 0 radical (unpaired) electrons. The van der Waals surface area contributed by atoms with Crippen molar-refractivity contribution in [1.82, 2.24) is 0 Å². The Balaban J connectivity index is 2.10. The van der Waals surface area contributed by atoms with Gasteiger partial charge in [-0.3, -0.25) is 4.79 Å². The number of nitrogen functional groups attached to an aromatic ring is 1. The lowest BCUT2D eigenvalue weighted by molar-refractivity contribution is 0.0898. The molecule has 1 aromatic rings. The van der Waals surface area contributed by atoms with E-state index in [0.717, 1.165) is 29.7 Å². The number of carbonyl (C=O) groups excluding carboxylic acids is 1. The van der Waals surface area contributed by atoms with Gasteiger partial charge in [0.15, 0.2) is 5.78 Å². The van der Waals surface area contributed by atoms with E-state index in [1.165, 1.54) is 32.1 Å². The van der Waals surface area contributed by atoms with Crippen molar-refractivity contribution in [3.05, 3.63) is 29.3 Å². The van der Waals surface area contributed by atoms with Gasteiger partial charge in [0.1, 0.15) is 0 Å². The van der Waals surface area contributed by atoms with Crippen LogP contribution in [-0.4, -0.2) is 5.78 Å². The minimum absolute atomic E-state index is 0.230. The Bertz CT molecular complexity index is 417. The van der Waals surface area contributed by atoms with E-state index in [4.69, 9.17) is 5.73 Å². The van der Waals surface area contributed by atoms with Crippen molar-refractivity contribution in [2.45, 2.75) is 51.9 Å². The molecule has 2 rings (SSSR count). The molecule has 0 atom stereocenters. The highest BCUT2D eigenvalue weighted by Gasteiger charge is 2.20. The maximum absolute atomic E-state index is 12.5. The first-order chi connectivity index (χ1) is 8.68. The first-order valence-corrected chi connectivity index (χ1v) is 7.09. The number of anilines is 1. The molecule has 0 spiro atoms. The fourth-order valence-corrected chi connectivity index (χ4v) is 2.78. The van der Waals surface area contributed by atoms with Crippen molar-refractivity contribution in [1.29, 1.82) is 0 Å². The van der Waals surface area contributed by atoms with E-state index in [1.54, 1.807) is 0 Å². The molecular formula is C16H23NO. The third-order valence-corrected chi connectivity index (χ3v) is 4.03. The number of carbonyl (C=O) groups is 1. The fraction of sp³-hybridized carbons (Fsp3) is 0.562. The lowest BCUT2D eigenvalue weighted by atomic mass is 9.85. The average Bonchev–Trinajstić information content (AvgIpc) is 2.31. The molecule has 1 aliphatic carbocycles. The number of hydrogen-bond acceptors (Lipinski definition) is 2. The zero-order valence-electron chi connectivity index (χ0n) is 11.2. The number of ketones is 1. The summed E-state index contributed by atoms with van der Waals surface area (Å²) in [5, 5.41) is 0. The fourth-order valence-electron chi connectivity index (χ4n) is 2.78. The van der Waals surface area contributed by atoms with Crippen LogP contribution in [0.25, 0.3) is 0 Å². The molecule has 98 valence electrons. The summed E-state index contributed by atoms with van der Waals surface area (Å²) in [7, 11) is 0. The quantitative estimate of drug-likeness (QED) is 0.629. The molecule has 2 N–H and O–H groups in total. The number of benzene rings is 1. The Morgan fingerprint density at radius 1 is 1.11 bits per heavy atom. The zero-order valence-corrected chi connectivity index (χ0v) is 11.2. The van der Waals surface area contributed by atoms with Crippen LogP contribution in [0.3, 0.4) is 0 Å². The Kier molecular flexibility index (Phi) is 4.40. The zero-order chi connectivity index (χ0) is 13.0. The van der Waals surface area contributed by atoms with Crippen LogP contribution >= 0.6 is 0 Å². The van der Waals surface area contributed by atoms with Gasteiger partial charge < -0.3 is 5.73 Å². The van der Waals surface area contributed by atoms with E-state index < -0.39 is 0 Å². The van der Waals surface area contributed by atoms with Gasteiger partial charge in [0, 0.05) is 17.2 Å². The molecule has 18 heavy (non-hydrogen) atoms. The first-order valence-electron chi connectivity index (χ1n) is 7.09. The summed E-state index contributed by atoms with van der Waals surface area (Å²) >= 11 is 0. The van der Waals surface area contributed by atoms with Crippen LogP contribution < -0.4 is 5.73 Å². The largest absolute Gasteiger partial charge is 0.399 e. The molecule has 0 aromatic heterocycles. The van der Waals surface area contributed by atoms with Crippen molar-refractivity contribution in [2.24, 2.45) is 5.92 Å². The summed E-state index contributed by atoms with van der Waals surface area (Å²) in [5.74, 6) is 0.549. The van der Waals surface area contributed by atoms with Gasteiger partial charge in [-0.2, -0.15) is 0 Å². The molecule has 2 nitrogen and oxygen atoms in total. The van der Waals surface area contributed by atoms with E-state index in [2.05, 4.69) is 0 Å². The van der Waals surface area contributed by atoms with Crippen LogP contribution in [0.15, 0.2) is 18.2 Å². The Labute approximate surface area is 110 Å². The highest BCUT2D eigenvalue weighted by Crippen LogP contribution is 2.26. The summed E-state index contributed by atoms with van der Waals surface area (Å²) in [6.07, 6.45) is 8.41. The SMILES string of the molecule is Cc1cc(C(=O)C2CCCCCCC2)ccc1N. The van der Waals surface area contributed by atoms with Gasteiger partial charge in [0.05, 0.1) is 0 Å². The van der Waals surface area contributed by atoms with E-state index in [0.29, 0.717) is 5.78 Å². The summed E-state index contributed by atoms with van der Waals surface area (Å²) in [5.41, 5.74) is 8.42. The summed E-state index contributed by atoms with van der Waals surface area (Å²) < 4.78 is 0. The van der Waals surface area contributed by atoms with Crippen LogP contribution in [-0.2, 0) is 0 Å². The number of nitrogens with two attached hydrogens (primary N) is 1. The van der Waals surface area contributed by atoms with E-state index in [1.807, 2.05) is 25.1 Å². The second-order valence-corrected chi connectivity index (χ2v) is 5.48. The maximum atomic E-state index is 12.5. The minimum atomic E-state index is 0.230. The second kappa shape index (κ2) is 6.03. The maximum Gasteiger partial charge on any atom is 0.165 e. The van der Waals surface area contributed by atoms with E-state index in [-0.39, 0.29) is 5.92 Å². The van der Waals surface area contributed by atoms with Crippen LogP contribution in [0, 0.1) is 12.8 Å². The van der Waals surface area contributed by atoms with Gasteiger partial charge in [-0.25, -0.2) is 0 Å². The van der Waals surface area contributed by atoms with Crippen molar-refractivity contribution in [3.8, 4) is 0 Å². The molecule has 1 aliphatic rings. The Hall–Kier alpha value is -1.31. The van der Waals surface area contributed by atoms with E-state index >= 15 is 0 Å². The topological polar surface area (TPSA) is 43.1 Å². The number of rotatable bonds is 2. The van der Waals surface area contributed by atoms with E-state index in [9.17, 15) is 4.79 Å². The van der Waals surface area contributed by atoms with Gasteiger partial charge in [-0.1, -0.05) is 32.1 Å².